The number of aryl methyl sites for hydroxylation is 1. The monoisotopic (exact) mass is 261 g/mol. The highest BCUT2D eigenvalue weighted by Crippen LogP contribution is 2.33. The van der Waals surface area contributed by atoms with Crippen molar-refractivity contribution in [3.63, 3.8) is 0 Å². The van der Waals surface area contributed by atoms with Crippen molar-refractivity contribution in [2.45, 2.75) is 51.6 Å². The standard InChI is InChI=1S/C17H27NO/c1-3-4-6-14-8-10-15(11-9-14)17(2,19)16-7-5-12-18-13-16/h8-11,16,18-19H,3-7,12-13H2,1-2H3. The second kappa shape index (κ2) is 6.53. The zero-order valence-electron chi connectivity index (χ0n) is 12.3. The summed E-state index contributed by atoms with van der Waals surface area (Å²) in [4.78, 5) is 0. The van der Waals surface area contributed by atoms with E-state index in [1.807, 2.05) is 6.92 Å². The van der Waals surface area contributed by atoms with Gasteiger partial charge in [-0.1, -0.05) is 37.6 Å². The van der Waals surface area contributed by atoms with E-state index in [-0.39, 0.29) is 0 Å². The van der Waals surface area contributed by atoms with Gasteiger partial charge in [-0.3, -0.25) is 0 Å². The zero-order valence-corrected chi connectivity index (χ0v) is 12.3. The van der Waals surface area contributed by atoms with E-state index in [0.717, 1.165) is 37.9 Å². The van der Waals surface area contributed by atoms with Gasteiger partial charge in [0.15, 0.2) is 0 Å². The molecule has 2 N–H and O–H groups in total. The fourth-order valence-electron chi connectivity index (χ4n) is 2.96. The minimum absolute atomic E-state index is 0.322. The SMILES string of the molecule is CCCCc1ccc(C(C)(O)C2CCCNC2)cc1. The average molecular weight is 261 g/mol. The Morgan fingerprint density at radius 2 is 2.05 bits per heavy atom. The van der Waals surface area contributed by atoms with Gasteiger partial charge in [0.25, 0.3) is 0 Å². The van der Waals surface area contributed by atoms with E-state index in [2.05, 4.69) is 36.5 Å². The van der Waals surface area contributed by atoms with Gasteiger partial charge in [0.05, 0.1) is 5.60 Å². The highest BCUT2D eigenvalue weighted by Gasteiger charge is 2.34. The normalized spacial score (nSPS) is 23.0. The van der Waals surface area contributed by atoms with Crippen molar-refractivity contribution in [2.24, 2.45) is 5.92 Å². The lowest BCUT2D eigenvalue weighted by Gasteiger charge is -2.36. The summed E-state index contributed by atoms with van der Waals surface area (Å²) in [5.74, 6) is 0.322. The predicted molar refractivity (Wildman–Crippen MR) is 80.2 cm³/mol. The van der Waals surface area contributed by atoms with Crippen LogP contribution in [0.25, 0.3) is 0 Å². The molecular weight excluding hydrogens is 234 g/mol. The number of piperidine rings is 1. The van der Waals surface area contributed by atoms with Crippen LogP contribution in [0.3, 0.4) is 0 Å². The molecule has 2 nitrogen and oxygen atoms in total. The molecule has 2 atom stereocenters. The Bertz CT molecular complexity index is 377. The Morgan fingerprint density at radius 1 is 1.32 bits per heavy atom. The number of hydrogen-bond acceptors (Lipinski definition) is 2. The highest BCUT2D eigenvalue weighted by molar-refractivity contribution is 5.27. The van der Waals surface area contributed by atoms with E-state index < -0.39 is 5.60 Å². The molecule has 106 valence electrons. The predicted octanol–water partition coefficient (Wildman–Crippen LogP) is 3.24. The van der Waals surface area contributed by atoms with Crippen molar-refractivity contribution in [3.8, 4) is 0 Å². The van der Waals surface area contributed by atoms with E-state index in [4.69, 9.17) is 0 Å². The summed E-state index contributed by atoms with van der Waals surface area (Å²) >= 11 is 0. The largest absolute Gasteiger partial charge is 0.385 e. The summed E-state index contributed by atoms with van der Waals surface area (Å²) in [6, 6.07) is 8.57. The van der Waals surface area contributed by atoms with Crippen molar-refractivity contribution in [2.75, 3.05) is 13.1 Å². The van der Waals surface area contributed by atoms with E-state index in [9.17, 15) is 5.11 Å². The molecule has 19 heavy (non-hydrogen) atoms. The molecule has 1 aliphatic rings. The fraction of sp³-hybridized carbons (Fsp3) is 0.647. The third-order valence-corrected chi connectivity index (χ3v) is 4.45. The van der Waals surface area contributed by atoms with Crippen molar-refractivity contribution in [1.29, 1.82) is 0 Å². The summed E-state index contributed by atoms with van der Waals surface area (Å²) in [6.07, 6.45) is 5.88. The number of benzene rings is 1. The Morgan fingerprint density at radius 3 is 2.63 bits per heavy atom. The molecule has 0 amide bonds. The van der Waals surface area contributed by atoms with E-state index in [1.54, 1.807) is 0 Å². The van der Waals surface area contributed by atoms with Gasteiger partial charge in [0.1, 0.15) is 0 Å². The van der Waals surface area contributed by atoms with Gasteiger partial charge in [-0.05, 0) is 50.3 Å². The van der Waals surface area contributed by atoms with Gasteiger partial charge in [0.2, 0.25) is 0 Å². The molecule has 2 unspecified atom stereocenters. The maximum Gasteiger partial charge on any atom is 0.0908 e. The molecule has 0 radical (unpaired) electrons. The Kier molecular flexibility index (Phi) is 5.00. The lowest BCUT2D eigenvalue weighted by Crippen LogP contribution is -2.42. The molecule has 0 saturated carbocycles. The lowest BCUT2D eigenvalue weighted by molar-refractivity contribution is -0.0156. The van der Waals surface area contributed by atoms with Crippen molar-refractivity contribution in [1.82, 2.24) is 5.32 Å². The molecule has 0 spiro atoms. The molecule has 1 fully saturated rings. The van der Waals surface area contributed by atoms with Gasteiger partial charge < -0.3 is 10.4 Å². The van der Waals surface area contributed by atoms with Gasteiger partial charge in [-0.15, -0.1) is 0 Å². The van der Waals surface area contributed by atoms with Crippen LogP contribution in [-0.2, 0) is 12.0 Å². The molecule has 1 aromatic carbocycles. The van der Waals surface area contributed by atoms with Crippen LogP contribution in [0, 0.1) is 5.92 Å². The highest BCUT2D eigenvalue weighted by atomic mass is 16.3. The topological polar surface area (TPSA) is 32.3 Å². The van der Waals surface area contributed by atoms with E-state index >= 15 is 0 Å². The summed E-state index contributed by atoms with van der Waals surface area (Å²) < 4.78 is 0. The molecule has 1 aromatic rings. The van der Waals surface area contributed by atoms with Gasteiger partial charge in [0, 0.05) is 12.5 Å². The number of aliphatic hydroxyl groups is 1. The van der Waals surface area contributed by atoms with Crippen molar-refractivity contribution in [3.05, 3.63) is 35.4 Å². The Balaban J connectivity index is 2.06. The van der Waals surface area contributed by atoms with Crippen LogP contribution in [0.5, 0.6) is 0 Å². The van der Waals surface area contributed by atoms with Crippen molar-refractivity contribution >= 4 is 0 Å². The first-order valence-corrected chi connectivity index (χ1v) is 7.67. The Labute approximate surface area is 117 Å². The van der Waals surface area contributed by atoms with Crippen LogP contribution in [0.1, 0.15) is 50.7 Å². The van der Waals surface area contributed by atoms with E-state index in [1.165, 1.54) is 18.4 Å². The minimum Gasteiger partial charge on any atom is -0.385 e. The van der Waals surface area contributed by atoms with E-state index in [0.29, 0.717) is 5.92 Å². The van der Waals surface area contributed by atoms with Crippen LogP contribution >= 0.6 is 0 Å². The van der Waals surface area contributed by atoms with Crippen LogP contribution in [-0.4, -0.2) is 18.2 Å². The zero-order chi connectivity index (χ0) is 13.7. The quantitative estimate of drug-likeness (QED) is 0.853. The van der Waals surface area contributed by atoms with Crippen LogP contribution in [0.4, 0.5) is 0 Å². The molecule has 1 heterocycles. The molecule has 0 bridgehead atoms. The lowest BCUT2D eigenvalue weighted by atomic mass is 9.78. The first kappa shape index (κ1) is 14.5. The van der Waals surface area contributed by atoms with Gasteiger partial charge >= 0.3 is 0 Å². The molecule has 1 saturated heterocycles. The second-order valence-electron chi connectivity index (χ2n) is 5.99. The third kappa shape index (κ3) is 3.58. The molecule has 1 aliphatic heterocycles. The third-order valence-electron chi connectivity index (χ3n) is 4.45. The smallest absolute Gasteiger partial charge is 0.0908 e. The first-order valence-electron chi connectivity index (χ1n) is 7.67. The fourth-order valence-corrected chi connectivity index (χ4v) is 2.96. The number of nitrogens with one attached hydrogen (secondary N) is 1. The maximum absolute atomic E-state index is 10.8. The number of rotatable bonds is 5. The number of hydrogen-bond donors (Lipinski definition) is 2. The second-order valence-corrected chi connectivity index (χ2v) is 5.99. The molecular formula is C17H27NO. The summed E-state index contributed by atoms with van der Waals surface area (Å²) in [5, 5.41) is 14.2. The van der Waals surface area contributed by atoms with Gasteiger partial charge in [-0.2, -0.15) is 0 Å². The van der Waals surface area contributed by atoms with Gasteiger partial charge in [-0.25, -0.2) is 0 Å². The van der Waals surface area contributed by atoms with Crippen LogP contribution in [0.2, 0.25) is 0 Å². The molecule has 0 aliphatic carbocycles. The summed E-state index contributed by atoms with van der Waals surface area (Å²) in [7, 11) is 0. The number of unbranched alkanes of at least 4 members (excludes halogenated alkanes) is 1. The molecule has 2 heteroatoms. The van der Waals surface area contributed by atoms with Crippen molar-refractivity contribution < 1.29 is 5.11 Å². The summed E-state index contributed by atoms with van der Waals surface area (Å²) in [6.45, 7) is 6.19. The maximum atomic E-state index is 10.8. The molecule has 2 rings (SSSR count). The first-order chi connectivity index (χ1) is 9.14. The average Bonchev–Trinajstić information content (AvgIpc) is 2.46. The molecule has 0 aromatic heterocycles. The van der Waals surface area contributed by atoms with Crippen LogP contribution < -0.4 is 5.32 Å². The summed E-state index contributed by atoms with van der Waals surface area (Å²) in [5.41, 5.74) is 1.72. The Hall–Kier alpha value is -0.860. The van der Waals surface area contributed by atoms with Crippen LogP contribution in [0.15, 0.2) is 24.3 Å². The minimum atomic E-state index is -0.712.